The van der Waals surface area contributed by atoms with Gasteiger partial charge in [0.05, 0.1) is 5.56 Å². The summed E-state index contributed by atoms with van der Waals surface area (Å²) < 4.78 is 9.67. The Morgan fingerprint density at radius 2 is 2.28 bits per heavy atom. The number of hydrogen-bond donors (Lipinski definition) is 1. The van der Waals surface area contributed by atoms with E-state index >= 15 is 0 Å². The lowest BCUT2D eigenvalue weighted by atomic mass is 10.1. The van der Waals surface area contributed by atoms with Crippen LogP contribution in [0.4, 0.5) is 0 Å². The molecule has 1 aromatic carbocycles. The Bertz CT molecular complexity index is 580. The van der Waals surface area contributed by atoms with Gasteiger partial charge in [-0.1, -0.05) is 13.0 Å². The SMILES string of the molecule is CCc1nsc(Oc2cccc(C(=O)O)c2C)n1. The van der Waals surface area contributed by atoms with Crippen LogP contribution in [0.1, 0.15) is 28.7 Å². The number of ether oxygens (including phenoxy) is 1. The highest BCUT2D eigenvalue weighted by molar-refractivity contribution is 7.07. The molecule has 0 aliphatic carbocycles. The molecule has 0 saturated heterocycles. The van der Waals surface area contributed by atoms with E-state index in [0.29, 0.717) is 16.5 Å². The molecule has 2 rings (SSSR count). The van der Waals surface area contributed by atoms with Gasteiger partial charge >= 0.3 is 5.97 Å². The molecular weight excluding hydrogens is 252 g/mol. The molecule has 5 nitrogen and oxygen atoms in total. The average molecular weight is 264 g/mol. The van der Waals surface area contributed by atoms with E-state index in [1.165, 1.54) is 0 Å². The van der Waals surface area contributed by atoms with Crippen molar-refractivity contribution < 1.29 is 14.6 Å². The number of aromatic carboxylic acids is 1. The third-order valence-corrected chi connectivity index (χ3v) is 3.11. The lowest BCUT2D eigenvalue weighted by Crippen LogP contribution is -2.00. The van der Waals surface area contributed by atoms with Gasteiger partial charge in [-0.25, -0.2) is 4.79 Å². The van der Waals surface area contributed by atoms with Gasteiger partial charge in [0.1, 0.15) is 11.6 Å². The maximum Gasteiger partial charge on any atom is 0.336 e. The number of aryl methyl sites for hydroxylation is 1. The zero-order chi connectivity index (χ0) is 13.1. The molecule has 94 valence electrons. The van der Waals surface area contributed by atoms with Crippen LogP contribution in [0.25, 0.3) is 0 Å². The normalized spacial score (nSPS) is 10.3. The van der Waals surface area contributed by atoms with Crippen LogP contribution in [-0.4, -0.2) is 20.4 Å². The van der Waals surface area contributed by atoms with Crippen LogP contribution in [0.2, 0.25) is 0 Å². The topological polar surface area (TPSA) is 72.3 Å². The lowest BCUT2D eigenvalue weighted by molar-refractivity contribution is 0.0695. The van der Waals surface area contributed by atoms with E-state index in [-0.39, 0.29) is 5.56 Å². The molecule has 0 aliphatic heterocycles. The second kappa shape index (κ2) is 5.14. The summed E-state index contributed by atoms with van der Waals surface area (Å²) in [6, 6.07) is 4.91. The maximum absolute atomic E-state index is 11.0. The van der Waals surface area contributed by atoms with Crippen molar-refractivity contribution >= 4 is 17.5 Å². The summed E-state index contributed by atoms with van der Waals surface area (Å²) in [6.07, 6.45) is 0.744. The predicted octanol–water partition coefficient (Wildman–Crippen LogP) is 2.90. The van der Waals surface area contributed by atoms with E-state index < -0.39 is 5.97 Å². The van der Waals surface area contributed by atoms with Gasteiger partial charge in [-0.3, -0.25) is 0 Å². The zero-order valence-corrected chi connectivity index (χ0v) is 10.8. The molecule has 0 aliphatic rings. The fraction of sp³-hybridized carbons (Fsp3) is 0.250. The van der Waals surface area contributed by atoms with Gasteiger partial charge in [0.2, 0.25) is 0 Å². The Hall–Kier alpha value is -1.95. The van der Waals surface area contributed by atoms with Gasteiger partial charge in [0.15, 0.2) is 0 Å². The summed E-state index contributed by atoms with van der Waals surface area (Å²) in [6.45, 7) is 3.67. The molecule has 18 heavy (non-hydrogen) atoms. The highest BCUT2D eigenvalue weighted by Crippen LogP contribution is 2.28. The first-order chi connectivity index (χ1) is 8.61. The summed E-state index contributed by atoms with van der Waals surface area (Å²) in [7, 11) is 0. The third kappa shape index (κ3) is 2.48. The van der Waals surface area contributed by atoms with Gasteiger partial charge in [0, 0.05) is 23.5 Å². The number of nitrogens with zero attached hydrogens (tertiary/aromatic N) is 2. The molecule has 0 bridgehead atoms. The summed E-state index contributed by atoms with van der Waals surface area (Å²) in [5, 5.41) is 9.45. The highest BCUT2D eigenvalue weighted by Gasteiger charge is 2.13. The largest absolute Gasteiger partial charge is 0.478 e. The molecular formula is C12H12N2O3S. The molecule has 0 unspecified atom stereocenters. The molecule has 0 saturated carbocycles. The molecule has 0 spiro atoms. The molecule has 2 aromatic rings. The van der Waals surface area contributed by atoms with Crippen LogP contribution >= 0.6 is 11.5 Å². The average Bonchev–Trinajstić information content (AvgIpc) is 2.79. The second-order valence-corrected chi connectivity index (χ2v) is 4.38. The number of carboxylic acid groups (broad SMARTS) is 1. The monoisotopic (exact) mass is 264 g/mol. The highest BCUT2D eigenvalue weighted by atomic mass is 32.1. The first-order valence-corrected chi connectivity index (χ1v) is 6.22. The molecule has 1 heterocycles. The number of aromatic nitrogens is 2. The Kier molecular flexibility index (Phi) is 3.57. The van der Waals surface area contributed by atoms with Gasteiger partial charge < -0.3 is 9.84 Å². The smallest absolute Gasteiger partial charge is 0.336 e. The fourth-order valence-electron chi connectivity index (χ4n) is 1.47. The van der Waals surface area contributed by atoms with Crippen LogP contribution < -0.4 is 4.74 Å². The minimum atomic E-state index is -0.968. The Balaban J connectivity index is 2.29. The molecule has 6 heteroatoms. The van der Waals surface area contributed by atoms with Crippen LogP contribution in [0.3, 0.4) is 0 Å². The number of carbonyl (C=O) groups is 1. The molecule has 0 amide bonds. The van der Waals surface area contributed by atoms with Crippen molar-refractivity contribution in [2.24, 2.45) is 0 Å². The van der Waals surface area contributed by atoms with Crippen molar-refractivity contribution in [3.63, 3.8) is 0 Å². The van der Waals surface area contributed by atoms with Gasteiger partial charge in [-0.05, 0) is 19.1 Å². The zero-order valence-electron chi connectivity index (χ0n) is 10.0. The predicted molar refractivity (Wildman–Crippen MR) is 67.5 cm³/mol. The molecule has 0 radical (unpaired) electrons. The van der Waals surface area contributed by atoms with Gasteiger partial charge in [-0.15, -0.1) is 0 Å². The van der Waals surface area contributed by atoms with E-state index in [0.717, 1.165) is 23.8 Å². The van der Waals surface area contributed by atoms with Crippen LogP contribution in [-0.2, 0) is 6.42 Å². The van der Waals surface area contributed by atoms with E-state index in [2.05, 4.69) is 9.36 Å². The minimum absolute atomic E-state index is 0.229. The minimum Gasteiger partial charge on any atom is -0.478 e. The summed E-state index contributed by atoms with van der Waals surface area (Å²) in [5.74, 6) is 0.250. The molecule has 1 N–H and O–H groups in total. The van der Waals surface area contributed by atoms with Crippen LogP contribution in [0.5, 0.6) is 10.9 Å². The van der Waals surface area contributed by atoms with Crippen LogP contribution in [0, 0.1) is 6.92 Å². The Morgan fingerprint density at radius 1 is 1.50 bits per heavy atom. The van der Waals surface area contributed by atoms with E-state index in [1.807, 2.05) is 6.92 Å². The van der Waals surface area contributed by atoms with Crippen molar-refractivity contribution in [2.75, 3.05) is 0 Å². The van der Waals surface area contributed by atoms with Gasteiger partial charge in [-0.2, -0.15) is 9.36 Å². The summed E-state index contributed by atoms with van der Waals surface area (Å²) >= 11 is 1.16. The van der Waals surface area contributed by atoms with Crippen molar-refractivity contribution in [2.45, 2.75) is 20.3 Å². The Labute approximate surface area is 108 Å². The third-order valence-electron chi connectivity index (χ3n) is 2.48. The van der Waals surface area contributed by atoms with Gasteiger partial charge in [0.25, 0.3) is 5.19 Å². The maximum atomic E-state index is 11.0. The van der Waals surface area contributed by atoms with Crippen molar-refractivity contribution in [1.82, 2.24) is 9.36 Å². The molecule has 1 aromatic heterocycles. The second-order valence-electron chi connectivity index (χ2n) is 3.67. The standard InChI is InChI=1S/C12H12N2O3S/c1-3-10-13-12(18-14-10)17-9-6-4-5-8(7(9)2)11(15)16/h4-6H,3H2,1-2H3,(H,15,16). The van der Waals surface area contributed by atoms with Crippen LogP contribution in [0.15, 0.2) is 18.2 Å². The summed E-state index contributed by atoms with van der Waals surface area (Å²) in [5.41, 5.74) is 0.811. The number of rotatable bonds is 4. The van der Waals surface area contributed by atoms with Crippen molar-refractivity contribution in [3.8, 4) is 10.9 Å². The van der Waals surface area contributed by atoms with Crippen molar-refractivity contribution in [3.05, 3.63) is 35.2 Å². The molecule has 0 fully saturated rings. The van der Waals surface area contributed by atoms with E-state index in [9.17, 15) is 4.79 Å². The van der Waals surface area contributed by atoms with E-state index in [4.69, 9.17) is 9.84 Å². The lowest BCUT2D eigenvalue weighted by Gasteiger charge is -2.07. The molecule has 0 atom stereocenters. The number of benzene rings is 1. The first-order valence-electron chi connectivity index (χ1n) is 5.45. The number of hydrogen-bond acceptors (Lipinski definition) is 5. The quantitative estimate of drug-likeness (QED) is 0.919. The number of carboxylic acids is 1. The fourth-order valence-corrected chi connectivity index (χ4v) is 2.10. The van der Waals surface area contributed by atoms with Crippen molar-refractivity contribution in [1.29, 1.82) is 0 Å². The van der Waals surface area contributed by atoms with E-state index in [1.54, 1.807) is 25.1 Å². The summed E-state index contributed by atoms with van der Waals surface area (Å²) in [4.78, 5) is 15.2. The first kappa shape index (κ1) is 12.5. The Morgan fingerprint density at radius 3 is 2.89 bits per heavy atom.